The summed E-state index contributed by atoms with van der Waals surface area (Å²) in [5, 5.41) is 12.4. The van der Waals surface area contributed by atoms with Crippen molar-refractivity contribution in [3.63, 3.8) is 0 Å². The number of aliphatic hydroxyl groups excluding tert-OH is 1. The van der Waals surface area contributed by atoms with Crippen LogP contribution < -0.4 is 0 Å². The minimum Gasteiger partial charge on any atom is -0.387 e. The molecule has 0 spiro atoms. The number of aliphatic hydroxyl groups is 1. The lowest BCUT2D eigenvalue weighted by atomic mass is 10.1. The van der Waals surface area contributed by atoms with E-state index in [-0.39, 0.29) is 17.3 Å². The van der Waals surface area contributed by atoms with Crippen LogP contribution in [0.25, 0.3) is 10.6 Å². The van der Waals surface area contributed by atoms with E-state index in [2.05, 4.69) is 4.98 Å². The first-order valence-electron chi connectivity index (χ1n) is 7.57. The van der Waals surface area contributed by atoms with E-state index in [4.69, 9.17) is 0 Å². The first-order valence-corrected chi connectivity index (χ1v) is 10.3. The number of rotatable bonds is 6. The molecule has 0 radical (unpaired) electrons. The molecule has 0 unspecified atom stereocenters. The summed E-state index contributed by atoms with van der Waals surface area (Å²) in [6.07, 6.45) is -1.07. The highest BCUT2D eigenvalue weighted by atomic mass is 32.2. The van der Waals surface area contributed by atoms with E-state index in [1.165, 1.54) is 23.5 Å². The summed E-state index contributed by atoms with van der Waals surface area (Å²) in [4.78, 5) is 4.31. The lowest BCUT2D eigenvalue weighted by Gasteiger charge is -2.10. The average Bonchev–Trinajstić information content (AvgIpc) is 3.03. The van der Waals surface area contributed by atoms with Crippen LogP contribution in [-0.2, 0) is 15.6 Å². The molecule has 3 rings (SSSR count). The highest BCUT2D eigenvalue weighted by Crippen LogP contribution is 2.25. The van der Waals surface area contributed by atoms with Gasteiger partial charge in [-0.05, 0) is 29.8 Å². The summed E-state index contributed by atoms with van der Waals surface area (Å²) >= 11 is 1.30. The zero-order chi connectivity index (χ0) is 17.9. The predicted octanol–water partition coefficient (Wildman–Crippen LogP) is 3.60. The number of thiazole rings is 1. The van der Waals surface area contributed by atoms with E-state index in [0.29, 0.717) is 16.3 Å². The van der Waals surface area contributed by atoms with Crippen molar-refractivity contribution in [1.29, 1.82) is 0 Å². The van der Waals surface area contributed by atoms with Gasteiger partial charge in [0.15, 0.2) is 9.84 Å². The molecular weight excluding hydrogens is 361 g/mol. The molecule has 0 saturated carbocycles. The van der Waals surface area contributed by atoms with Crippen molar-refractivity contribution >= 4 is 21.2 Å². The summed E-state index contributed by atoms with van der Waals surface area (Å²) in [6.45, 7) is 0. The zero-order valence-electron chi connectivity index (χ0n) is 13.2. The van der Waals surface area contributed by atoms with Crippen LogP contribution in [-0.4, -0.2) is 24.3 Å². The van der Waals surface area contributed by atoms with Crippen LogP contribution in [0.15, 0.2) is 60.0 Å². The van der Waals surface area contributed by atoms with Gasteiger partial charge in [-0.15, -0.1) is 11.3 Å². The molecular formula is C18H16FNO3S2. The number of aromatic nitrogens is 1. The maximum absolute atomic E-state index is 13.0. The second kappa shape index (κ2) is 7.43. The van der Waals surface area contributed by atoms with Crippen molar-refractivity contribution in [2.24, 2.45) is 0 Å². The molecule has 0 aliphatic heterocycles. The number of sulfone groups is 1. The van der Waals surface area contributed by atoms with Gasteiger partial charge in [0.05, 0.1) is 23.3 Å². The molecule has 0 aliphatic carbocycles. The number of hydrogen-bond donors (Lipinski definition) is 1. The molecule has 2 aromatic carbocycles. The van der Waals surface area contributed by atoms with Crippen LogP contribution >= 0.6 is 11.3 Å². The van der Waals surface area contributed by atoms with E-state index in [1.807, 2.05) is 0 Å². The van der Waals surface area contributed by atoms with Crippen LogP contribution in [0.1, 0.15) is 17.4 Å². The third kappa shape index (κ3) is 4.72. The molecule has 0 amide bonds. The first kappa shape index (κ1) is 17.7. The highest BCUT2D eigenvalue weighted by Gasteiger charge is 2.20. The Morgan fingerprint density at radius 3 is 2.44 bits per heavy atom. The van der Waals surface area contributed by atoms with Gasteiger partial charge in [-0.1, -0.05) is 30.3 Å². The third-order valence-electron chi connectivity index (χ3n) is 3.61. The smallest absolute Gasteiger partial charge is 0.158 e. The second-order valence-electron chi connectivity index (χ2n) is 5.63. The molecule has 3 aromatic rings. The number of halogens is 1. The van der Waals surface area contributed by atoms with Gasteiger partial charge in [0, 0.05) is 10.9 Å². The fraction of sp³-hybridized carbons (Fsp3) is 0.167. The van der Waals surface area contributed by atoms with Crippen LogP contribution in [0.4, 0.5) is 4.39 Å². The molecule has 130 valence electrons. The van der Waals surface area contributed by atoms with Crippen molar-refractivity contribution in [1.82, 2.24) is 4.98 Å². The molecule has 25 heavy (non-hydrogen) atoms. The van der Waals surface area contributed by atoms with Crippen LogP contribution in [0.2, 0.25) is 0 Å². The number of hydrogen-bond acceptors (Lipinski definition) is 5. The first-order chi connectivity index (χ1) is 11.9. The third-order valence-corrected chi connectivity index (χ3v) is 6.11. The number of nitrogens with zero attached hydrogens (tertiary/aromatic N) is 1. The quantitative estimate of drug-likeness (QED) is 0.713. The predicted molar refractivity (Wildman–Crippen MR) is 96.4 cm³/mol. The molecule has 4 nitrogen and oxygen atoms in total. The van der Waals surface area contributed by atoms with Crippen LogP contribution in [0.3, 0.4) is 0 Å². The standard InChI is InChI=1S/C18H16FNO3S2/c19-15-8-6-14(7-9-15)18-20-16(10-24-18)11-25(22,23)12-17(21)13-4-2-1-3-5-13/h1-10,17,21H,11-12H2/t17-/m0/s1. The van der Waals surface area contributed by atoms with Gasteiger partial charge in [0.2, 0.25) is 0 Å². The van der Waals surface area contributed by atoms with Crippen LogP contribution in [0, 0.1) is 5.82 Å². The van der Waals surface area contributed by atoms with Crippen molar-refractivity contribution < 1.29 is 17.9 Å². The summed E-state index contributed by atoms with van der Waals surface area (Å²) in [7, 11) is -3.52. The summed E-state index contributed by atoms with van der Waals surface area (Å²) in [5.74, 6) is -0.937. The molecule has 0 fully saturated rings. The van der Waals surface area contributed by atoms with Gasteiger partial charge < -0.3 is 5.11 Å². The van der Waals surface area contributed by atoms with E-state index in [0.717, 1.165) is 5.56 Å². The van der Waals surface area contributed by atoms with E-state index < -0.39 is 15.9 Å². The molecule has 1 N–H and O–H groups in total. The lowest BCUT2D eigenvalue weighted by Crippen LogP contribution is -2.16. The van der Waals surface area contributed by atoms with Crippen molar-refractivity contribution in [2.45, 2.75) is 11.9 Å². The Morgan fingerprint density at radius 1 is 1.08 bits per heavy atom. The summed E-state index contributed by atoms with van der Waals surface area (Å²) in [6, 6.07) is 14.6. The molecule has 0 aliphatic rings. The Labute approximate surface area is 149 Å². The molecule has 0 bridgehead atoms. The van der Waals surface area contributed by atoms with Gasteiger partial charge >= 0.3 is 0 Å². The lowest BCUT2D eigenvalue weighted by molar-refractivity contribution is 0.201. The van der Waals surface area contributed by atoms with Crippen LogP contribution in [0.5, 0.6) is 0 Å². The Balaban J connectivity index is 1.70. The minimum absolute atomic E-state index is 0.241. The van der Waals surface area contributed by atoms with Crippen molar-refractivity contribution in [3.8, 4) is 10.6 Å². The SMILES string of the molecule is O=S(=O)(Cc1csc(-c2ccc(F)cc2)n1)C[C@H](O)c1ccccc1. The summed E-state index contributed by atoms with van der Waals surface area (Å²) < 4.78 is 37.6. The van der Waals surface area contributed by atoms with Crippen molar-refractivity contribution in [3.05, 3.63) is 77.1 Å². The zero-order valence-corrected chi connectivity index (χ0v) is 14.8. The fourth-order valence-corrected chi connectivity index (χ4v) is 4.72. The minimum atomic E-state index is -3.52. The Bertz CT molecular complexity index is 938. The fourth-order valence-electron chi connectivity index (χ4n) is 2.39. The van der Waals surface area contributed by atoms with E-state index >= 15 is 0 Å². The maximum atomic E-state index is 13.0. The molecule has 1 heterocycles. The van der Waals surface area contributed by atoms with Gasteiger partial charge in [0.25, 0.3) is 0 Å². The Hall–Kier alpha value is -2.09. The maximum Gasteiger partial charge on any atom is 0.158 e. The van der Waals surface area contributed by atoms with Gasteiger partial charge in [-0.25, -0.2) is 17.8 Å². The summed E-state index contributed by atoms with van der Waals surface area (Å²) in [5.41, 5.74) is 1.72. The molecule has 1 aromatic heterocycles. The average molecular weight is 377 g/mol. The van der Waals surface area contributed by atoms with Gasteiger partial charge in [0.1, 0.15) is 10.8 Å². The molecule has 1 atom stereocenters. The van der Waals surface area contributed by atoms with Crippen molar-refractivity contribution in [2.75, 3.05) is 5.75 Å². The second-order valence-corrected chi connectivity index (χ2v) is 8.60. The Morgan fingerprint density at radius 2 is 1.76 bits per heavy atom. The van der Waals surface area contributed by atoms with E-state index in [9.17, 15) is 17.9 Å². The monoisotopic (exact) mass is 377 g/mol. The topological polar surface area (TPSA) is 67.3 Å². The molecule has 0 saturated heterocycles. The van der Waals surface area contributed by atoms with Gasteiger partial charge in [-0.2, -0.15) is 0 Å². The highest BCUT2D eigenvalue weighted by molar-refractivity contribution is 7.90. The Kier molecular flexibility index (Phi) is 5.27. The molecule has 7 heteroatoms. The largest absolute Gasteiger partial charge is 0.387 e. The normalized spacial score (nSPS) is 12.9. The van der Waals surface area contributed by atoms with E-state index in [1.54, 1.807) is 47.8 Å². The van der Waals surface area contributed by atoms with Gasteiger partial charge in [-0.3, -0.25) is 0 Å². The number of benzene rings is 2.